The Morgan fingerprint density at radius 1 is 1.05 bits per heavy atom. The summed E-state index contributed by atoms with van der Waals surface area (Å²) in [6.07, 6.45) is 8.76. The zero-order chi connectivity index (χ0) is 28.5. The van der Waals surface area contributed by atoms with Crippen LogP contribution in [0.15, 0.2) is 95.6 Å². The second-order valence-corrected chi connectivity index (χ2v) is 9.61. The molecule has 2 aromatic carbocycles. The van der Waals surface area contributed by atoms with E-state index in [4.69, 9.17) is 4.98 Å². The Hall–Kier alpha value is -5.62. The fourth-order valence-corrected chi connectivity index (χ4v) is 4.86. The third kappa shape index (κ3) is 4.83. The van der Waals surface area contributed by atoms with Crippen molar-refractivity contribution in [2.45, 2.75) is 26.3 Å². The van der Waals surface area contributed by atoms with Crippen LogP contribution in [0.1, 0.15) is 46.8 Å². The molecule has 6 rings (SSSR count). The number of carbonyl (C=O) groups excluding carboxylic acids is 2. The summed E-state index contributed by atoms with van der Waals surface area (Å²) in [4.78, 5) is 48.6. The van der Waals surface area contributed by atoms with E-state index < -0.39 is 6.04 Å². The topological polar surface area (TPSA) is 111 Å². The maximum absolute atomic E-state index is 14.2. The van der Waals surface area contributed by atoms with Gasteiger partial charge in [0.25, 0.3) is 11.5 Å². The van der Waals surface area contributed by atoms with Gasteiger partial charge >= 0.3 is 0 Å². The van der Waals surface area contributed by atoms with Crippen molar-refractivity contribution in [3.63, 3.8) is 0 Å². The first kappa shape index (κ1) is 25.6. The number of hydrogen-bond acceptors (Lipinski definition) is 6. The third-order valence-corrected chi connectivity index (χ3v) is 6.74. The highest BCUT2D eigenvalue weighted by atomic mass is 16.2. The van der Waals surface area contributed by atoms with Crippen LogP contribution < -0.4 is 10.9 Å². The number of aromatic nitrogens is 5. The van der Waals surface area contributed by atoms with E-state index in [2.05, 4.69) is 27.2 Å². The summed E-state index contributed by atoms with van der Waals surface area (Å²) in [5, 5.41) is 7.72. The predicted molar refractivity (Wildman–Crippen MR) is 155 cm³/mol. The number of benzene rings is 2. The molecule has 3 aromatic heterocycles. The highest BCUT2D eigenvalue weighted by Crippen LogP contribution is 2.22. The standard InChI is InChI=1S/C32H24N6O3/c1-20-27(30-33-17-8-18-37(30)36-20)31(40)34-21(2)29-35-26-14-7-10-23(16-15-22-9-6-13-25(39)19-22)28(26)32(41)38(29)24-11-4-3-5-12-24/h3-12,14,17-19,21H,13H2,1-2H3,(H,34,40). The number of amides is 1. The van der Waals surface area contributed by atoms with Crippen LogP contribution in [0, 0.1) is 18.8 Å². The van der Waals surface area contributed by atoms with E-state index >= 15 is 0 Å². The Morgan fingerprint density at radius 3 is 2.68 bits per heavy atom. The molecule has 0 radical (unpaired) electrons. The van der Waals surface area contributed by atoms with Crippen molar-refractivity contribution < 1.29 is 9.59 Å². The first-order valence-electron chi connectivity index (χ1n) is 13.1. The normalized spacial score (nSPS) is 13.5. The number of allylic oxidation sites excluding steroid dienone is 4. The van der Waals surface area contributed by atoms with Crippen LogP contribution in [0.3, 0.4) is 0 Å². The first-order chi connectivity index (χ1) is 19.9. The van der Waals surface area contributed by atoms with E-state index in [1.165, 1.54) is 10.6 Å². The molecular weight excluding hydrogens is 516 g/mol. The molecular formula is C32H24N6O3. The molecule has 1 aliphatic rings. The number of para-hydroxylation sites is 1. The van der Waals surface area contributed by atoms with Gasteiger partial charge in [-0.1, -0.05) is 42.2 Å². The minimum Gasteiger partial charge on any atom is -0.342 e. The van der Waals surface area contributed by atoms with E-state index in [0.717, 1.165) is 0 Å². The molecule has 0 aliphatic heterocycles. The molecule has 1 N–H and O–H groups in total. The predicted octanol–water partition coefficient (Wildman–Crippen LogP) is 4.03. The van der Waals surface area contributed by atoms with Gasteiger partial charge in [0, 0.05) is 30.0 Å². The Bertz CT molecular complexity index is 2040. The molecule has 5 aromatic rings. The van der Waals surface area contributed by atoms with Crippen LogP contribution >= 0.6 is 0 Å². The monoisotopic (exact) mass is 540 g/mol. The summed E-state index contributed by atoms with van der Waals surface area (Å²) in [5.41, 5.74) is 3.14. The van der Waals surface area contributed by atoms with E-state index in [1.54, 1.807) is 67.2 Å². The van der Waals surface area contributed by atoms with Gasteiger partial charge in [0.05, 0.1) is 28.3 Å². The van der Waals surface area contributed by atoms with Gasteiger partial charge < -0.3 is 5.32 Å². The average molecular weight is 541 g/mol. The summed E-state index contributed by atoms with van der Waals surface area (Å²) in [7, 11) is 0. The molecule has 0 saturated carbocycles. The number of carbonyl (C=O) groups is 2. The molecule has 0 saturated heterocycles. The van der Waals surface area contributed by atoms with E-state index in [0.29, 0.717) is 56.9 Å². The minimum absolute atomic E-state index is 0.0152. The van der Waals surface area contributed by atoms with E-state index in [9.17, 15) is 14.4 Å². The Kier molecular flexibility index (Phi) is 6.57. The second kappa shape index (κ2) is 10.5. The lowest BCUT2D eigenvalue weighted by atomic mass is 10.0. The minimum atomic E-state index is -0.656. The van der Waals surface area contributed by atoms with Crippen molar-refractivity contribution >= 4 is 28.2 Å². The van der Waals surface area contributed by atoms with Gasteiger partial charge in [0.2, 0.25) is 0 Å². The summed E-state index contributed by atoms with van der Waals surface area (Å²) < 4.78 is 3.06. The molecule has 9 heteroatoms. The lowest BCUT2D eigenvalue weighted by molar-refractivity contribution is -0.113. The molecule has 9 nitrogen and oxygen atoms in total. The number of aryl methyl sites for hydroxylation is 1. The molecule has 3 heterocycles. The number of ketones is 1. The van der Waals surface area contributed by atoms with E-state index in [1.807, 2.05) is 30.3 Å². The largest absolute Gasteiger partial charge is 0.342 e. The van der Waals surface area contributed by atoms with Crippen molar-refractivity contribution in [3.05, 3.63) is 124 Å². The highest BCUT2D eigenvalue weighted by molar-refractivity contribution is 6.01. The maximum atomic E-state index is 14.2. The van der Waals surface area contributed by atoms with Crippen molar-refractivity contribution in [1.82, 2.24) is 29.5 Å². The number of hydrogen-bond donors (Lipinski definition) is 1. The number of nitrogens with one attached hydrogen (secondary N) is 1. The van der Waals surface area contributed by atoms with Gasteiger partial charge in [-0.15, -0.1) is 0 Å². The molecule has 0 spiro atoms. The Labute approximate surface area is 234 Å². The van der Waals surface area contributed by atoms with Crippen molar-refractivity contribution in [1.29, 1.82) is 0 Å². The lowest BCUT2D eigenvalue weighted by Crippen LogP contribution is -2.33. The summed E-state index contributed by atoms with van der Waals surface area (Å²) >= 11 is 0. The summed E-state index contributed by atoms with van der Waals surface area (Å²) in [5.74, 6) is 6.03. The molecule has 0 bridgehead atoms. The van der Waals surface area contributed by atoms with Crippen LogP contribution in [-0.2, 0) is 4.79 Å². The number of rotatable bonds is 4. The van der Waals surface area contributed by atoms with Crippen LogP contribution in [0.4, 0.5) is 0 Å². The van der Waals surface area contributed by atoms with Gasteiger partial charge in [-0.2, -0.15) is 5.10 Å². The SMILES string of the molecule is Cc1nn2cccnc2c1C(=O)NC(C)c1nc2cccc(C#CC3=CC(=O)CC=C3)c2c(=O)n1-c1ccccc1. The van der Waals surface area contributed by atoms with Crippen LogP contribution in [0.2, 0.25) is 0 Å². The van der Waals surface area contributed by atoms with Crippen molar-refractivity contribution in [2.24, 2.45) is 0 Å². The molecule has 1 unspecified atom stereocenters. The van der Waals surface area contributed by atoms with Gasteiger partial charge in [-0.25, -0.2) is 14.5 Å². The van der Waals surface area contributed by atoms with Gasteiger partial charge in [-0.3, -0.25) is 19.0 Å². The number of nitrogens with zero attached hydrogens (tertiary/aromatic N) is 5. The van der Waals surface area contributed by atoms with E-state index in [-0.39, 0.29) is 17.2 Å². The average Bonchev–Trinajstić information content (AvgIpc) is 3.32. The third-order valence-electron chi connectivity index (χ3n) is 6.74. The van der Waals surface area contributed by atoms with Crippen LogP contribution in [-0.4, -0.2) is 35.8 Å². The molecule has 200 valence electrons. The molecule has 1 amide bonds. The Morgan fingerprint density at radius 2 is 1.88 bits per heavy atom. The zero-order valence-electron chi connectivity index (χ0n) is 22.3. The molecule has 0 fully saturated rings. The fraction of sp³-hybridized carbons (Fsp3) is 0.125. The molecule has 1 atom stereocenters. The molecule has 1 aliphatic carbocycles. The quantitative estimate of drug-likeness (QED) is 0.345. The maximum Gasteiger partial charge on any atom is 0.267 e. The van der Waals surface area contributed by atoms with Crippen molar-refractivity contribution in [3.8, 4) is 17.5 Å². The lowest BCUT2D eigenvalue weighted by Gasteiger charge is -2.20. The van der Waals surface area contributed by atoms with Crippen LogP contribution in [0.5, 0.6) is 0 Å². The smallest absolute Gasteiger partial charge is 0.267 e. The second-order valence-electron chi connectivity index (χ2n) is 9.61. The van der Waals surface area contributed by atoms with Gasteiger partial charge in [-0.05, 0) is 56.3 Å². The van der Waals surface area contributed by atoms with Crippen LogP contribution in [0.25, 0.3) is 22.2 Å². The Balaban J connectivity index is 1.47. The number of fused-ring (bicyclic) bond motifs is 2. The molecule has 41 heavy (non-hydrogen) atoms. The van der Waals surface area contributed by atoms with Crippen molar-refractivity contribution in [2.75, 3.05) is 0 Å². The zero-order valence-corrected chi connectivity index (χ0v) is 22.3. The first-order valence-corrected chi connectivity index (χ1v) is 13.1. The highest BCUT2D eigenvalue weighted by Gasteiger charge is 2.24. The summed E-state index contributed by atoms with van der Waals surface area (Å²) in [6.45, 7) is 3.53. The van der Waals surface area contributed by atoms with Gasteiger partial charge in [0.1, 0.15) is 11.4 Å². The summed E-state index contributed by atoms with van der Waals surface area (Å²) in [6, 6.07) is 15.5. The van der Waals surface area contributed by atoms with Gasteiger partial charge in [0.15, 0.2) is 11.4 Å². The fourth-order valence-electron chi connectivity index (χ4n) is 4.86.